The zero-order valence-electron chi connectivity index (χ0n) is 12.5. The number of nitrogens with two attached hydrogens (primary N) is 1. The van der Waals surface area contributed by atoms with E-state index in [2.05, 4.69) is 20.8 Å². The van der Waals surface area contributed by atoms with Crippen LogP contribution in [0.3, 0.4) is 0 Å². The molecule has 1 aromatic rings. The molecule has 0 aliphatic heterocycles. The predicted octanol–water partition coefficient (Wildman–Crippen LogP) is 3.68. The highest BCUT2D eigenvalue weighted by Crippen LogP contribution is 2.30. The molecule has 0 aliphatic rings. The average molecular weight is 288 g/mol. The Hall–Kier alpha value is -1.07. The minimum Gasteiger partial charge on any atom is -0.323 e. The van der Waals surface area contributed by atoms with Gasteiger partial charge in [-0.25, -0.2) is 0 Å². The molecule has 1 aromatic carbocycles. The van der Waals surface area contributed by atoms with Crippen LogP contribution in [0.15, 0.2) is 24.3 Å². The van der Waals surface area contributed by atoms with Gasteiger partial charge in [-0.1, -0.05) is 32.9 Å². The second kappa shape index (κ2) is 6.14. The number of halogens is 3. The van der Waals surface area contributed by atoms with Crippen LogP contribution in [-0.2, 0) is 6.18 Å². The first-order valence-corrected chi connectivity index (χ1v) is 6.60. The van der Waals surface area contributed by atoms with Gasteiger partial charge >= 0.3 is 6.18 Å². The molecule has 0 saturated carbocycles. The number of likely N-dealkylation sites (N-methyl/N-ethyl adjacent to an activating group) is 1. The van der Waals surface area contributed by atoms with Gasteiger partial charge in [0, 0.05) is 19.1 Å². The number of nitrogens with zero attached hydrogens (tertiary/aromatic N) is 1. The van der Waals surface area contributed by atoms with E-state index in [-0.39, 0.29) is 5.41 Å². The van der Waals surface area contributed by atoms with Crippen LogP contribution in [0.5, 0.6) is 0 Å². The third-order valence-corrected chi connectivity index (χ3v) is 2.89. The van der Waals surface area contributed by atoms with Gasteiger partial charge in [0.2, 0.25) is 0 Å². The molecule has 2 nitrogen and oxygen atoms in total. The molecule has 5 heteroatoms. The van der Waals surface area contributed by atoms with Gasteiger partial charge in [-0.2, -0.15) is 13.2 Å². The van der Waals surface area contributed by atoms with Crippen molar-refractivity contribution in [3.63, 3.8) is 0 Å². The zero-order valence-corrected chi connectivity index (χ0v) is 12.5. The van der Waals surface area contributed by atoms with Gasteiger partial charge in [0.15, 0.2) is 0 Å². The van der Waals surface area contributed by atoms with Crippen LogP contribution in [0.2, 0.25) is 0 Å². The summed E-state index contributed by atoms with van der Waals surface area (Å²) < 4.78 is 38.0. The lowest BCUT2D eigenvalue weighted by atomic mass is 9.95. The van der Waals surface area contributed by atoms with Crippen molar-refractivity contribution in [1.82, 2.24) is 4.90 Å². The van der Waals surface area contributed by atoms with E-state index in [0.717, 1.165) is 18.7 Å². The first kappa shape index (κ1) is 17.0. The predicted molar refractivity (Wildman–Crippen MR) is 75.3 cm³/mol. The molecule has 1 atom stereocenters. The summed E-state index contributed by atoms with van der Waals surface area (Å²) in [6.45, 7) is 7.69. The lowest BCUT2D eigenvalue weighted by molar-refractivity contribution is -0.137. The molecule has 0 saturated heterocycles. The van der Waals surface area contributed by atoms with Gasteiger partial charge < -0.3 is 10.6 Å². The molecule has 2 N–H and O–H groups in total. The van der Waals surface area contributed by atoms with Crippen LogP contribution < -0.4 is 5.73 Å². The van der Waals surface area contributed by atoms with Gasteiger partial charge in [-0.15, -0.1) is 0 Å². The fourth-order valence-corrected chi connectivity index (χ4v) is 2.26. The molecule has 0 bridgehead atoms. The van der Waals surface area contributed by atoms with Crippen LogP contribution in [0.25, 0.3) is 0 Å². The van der Waals surface area contributed by atoms with Crippen molar-refractivity contribution in [3.8, 4) is 0 Å². The quantitative estimate of drug-likeness (QED) is 0.915. The van der Waals surface area contributed by atoms with Crippen molar-refractivity contribution < 1.29 is 13.2 Å². The fourth-order valence-electron chi connectivity index (χ4n) is 2.26. The van der Waals surface area contributed by atoms with Crippen molar-refractivity contribution in [2.45, 2.75) is 33.0 Å². The first-order chi connectivity index (χ1) is 8.99. The monoisotopic (exact) mass is 288 g/mol. The standard InChI is InChI=1S/C15H23F3N2/c1-14(2,3)10-20(4)9-13(19)11-6-5-7-12(8-11)15(16,17)18/h5-8,13H,9-10,19H2,1-4H3. The van der Waals surface area contributed by atoms with Crippen molar-refractivity contribution >= 4 is 0 Å². The Bertz CT molecular complexity index is 435. The average Bonchev–Trinajstić information content (AvgIpc) is 2.25. The summed E-state index contributed by atoms with van der Waals surface area (Å²) in [6, 6.07) is 4.82. The summed E-state index contributed by atoms with van der Waals surface area (Å²) in [7, 11) is 1.93. The Morgan fingerprint density at radius 2 is 1.80 bits per heavy atom. The Morgan fingerprint density at radius 3 is 2.30 bits per heavy atom. The maximum Gasteiger partial charge on any atom is 0.416 e. The third kappa shape index (κ3) is 5.51. The smallest absolute Gasteiger partial charge is 0.323 e. The van der Waals surface area contributed by atoms with E-state index in [0.29, 0.717) is 12.1 Å². The molecular weight excluding hydrogens is 265 g/mol. The Balaban J connectivity index is 2.75. The maximum absolute atomic E-state index is 12.7. The van der Waals surface area contributed by atoms with E-state index in [1.54, 1.807) is 6.07 Å². The molecule has 0 spiro atoms. The Kier molecular flexibility index (Phi) is 5.21. The summed E-state index contributed by atoms with van der Waals surface area (Å²) in [6.07, 6.45) is -4.33. The molecule has 1 unspecified atom stereocenters. The number of rotatable bonds is 4. The highest BCUT2D eigenvalue weighted by molar-refractivity contribution is 5.28. The Labute approximate surface area is 118 Å². The summed E-state index contributed by atoms with van der Waals surface area (Å²) in [5.74, 6) is 0. The van der Waals surface area contributed by atoms with Gasteiger partial charge in [0.05, 0.1) is 5.56 Å². The first-order valence-electron chi connectivity index (χ1n) is 6.60. The van der Waals surface area contributed by atoms with E-state index < -0.39 is 17.8 Å². The molecule has 0 aliphatic carbocycles. The second-order valence-electron chi connectivity index (χ2n) is 6.49. The van der Waals surface area contributed by atoms with E-state index >= 15 is 0 Å². The SMILES string of the molecule is CN(CC(N)c1cccc(C(F)(F)F)c1)CC(C)(C)C. The normalized spacial score (nSPS) is 14.7. The molecule has 0 radical (unpaired) electrons. The van der Waals surface area contributed by atoms with Crippen LogP contribution in [-0.4, -0.2) is 25.0 Å². The molecular formula is C15H23F3N2. The van der Waals surface area contributed by atoms with Gasteiger partial charge in [-0.05, 0) is 30.2 Å². The lowest BCUT2D eigenvalue weighted by Gasteiger charge is -2.28. The maximum atomic E-state index is 12.7. The molecule has 0 heterocycles. The number of hydrogen-bond acceptors (Lipinski definition) is 2. The highest BCUT2D eigenvalue weighted by Gasteiger charge is 2.30. The van der Waals surface area contributed by atoms with Crippen molar-refractivity contribution in [3.05, 3.63) is 35.4 Å². The lowest BCUT2D eigenvalue weighted by Crippen LogP contribution is -2.35. The number of hydrogen-bond donors (Lipinski definition) is 1. The van der Waals surface area contributed by atoms with E-state index in [1.165, 1.54) is 6.07 Å². The van der Waals surface area contributed by atoms with E-state index in [1.807, 2.05) is 11.9 Å². The van der Waals surface area contributed by atoms with E-state index in [4.69, 9.17) is 5.73 Å². The van der Waals surface area contributed by atoms with Crippen LogP contribution in [0.4, 0.5) is 13.2 Å². The van der Waals surface area contributed by atoms with Crippen LogP contribution >= 0.6 is 0 Å². The molecule has 0 amide bonds. The number of benzene rings is 1. The Morgan fingerprint density at radius 1 is 1.20 bits per heavy atom. The van der Waals surface area contributed by atoms with Crippen molar-refractivity contribution in [2.75, 3.05) is 20.1 Å². The summed E-state index contributed by atoms with van der Waals surface area (Å²) in [5, 5.41) is 0. The fraction of sp³-hybridized carbons (Fsp3) is 0.600. The van der Waals surface area contributed by atoms with Crippen LogP contribution in [0.1, 0.15) is 37.9 Å². The topological polar surface area (TPSA) is 29.3 Å². The third-order valence-electron chi connectivity index (χ3n) is 2.89. The van der Waals surface area contributed by atoms with Gasteiger partial charge in [0.1, 0.15) is 0 Å². The molecule has 1 rings (SSSR count). The van der Waals surface area contributed by atoms with Gasteiger partial charge in [-0.3, -0.25) is 0 Å². The second-order valence-corrected chi connectivity index (χ2v) is 6.49. The van der Waals surface area contributed by atoms with E-state index in [9.17, 15) is 13.2 Å². The highest BCUT2D eigenvalue weighted by atomic mass is 19.4. The summed E-state index contributed by atoms with van der Waals surface area (Å²) in [5.41, 5.74) is 6.01. The molecule has 20 heavy (non-hydrogen) atoms. The molecule has 114 valence electrons. The van der Waals surface area contributed by atoms with Crippen LogP contribution in [0, 0.1) is 5.41 Å². The minimum absolute atomic E-state index is 0.127. The zero-order chi connectivity index (χ0) is 15.6. The van der Waals surface area contributed by atoms with Gasteiger partial charge in [0.25, 0.3) is 0 Å². The number of alkyl halides is 3. The minimum atomic E-state index is -4.33. The largest absolute Gasteiger partial charge is 0.416 e. The molecule has 0 aromatic heterocycles. The summed E-state index contributed by atoms with van der Waals surface area (Å²) >= 11 is 0. The molecule has 0 fully saturated rings. The van der Waals surface area contributed by atoms with Crippen molar-refractivity contribution in [1.29, 1.82) is 0 Å². The van der Waals surface area contributed by atoms with Crippen molar-refractivity contribution in [2.24, 2.45) is 11.1 Å². The summed E-state index contributed by atoms with van der Waals surface area (Å²) in [4.78, 5) is 2.05.